The van der Waals surface area contributed by atoms with Gasteiger partial charge >= 0.3 is 0 Å². The Morgan fingerprint density at radius 3 is 2.45 bits per heavy atom. The second-order valence-electron chi connectivity index (χ2n) is 4.73. The molecular weight excluding hydrogens is 280 g/mol. The van der Waals surface area contributed by atoms with Crippen LogP contribution in [0.5, 0.6) is 0 Å². The molecule has 0 aliphatic heterocycles. The lowest BCUT2D eigenvalue weighted by atomic mass is 10.1. The first kappa shape index (κ1) is 15.0. The second kappa shape index (κ2) is 6.39. The number of benzene rings is 1. The van der Waals surface area contributed by atoms with Gasteiger partial charge in [0.1, 0.15) is 11.6 Å². The van der Waals surface area contributed by atoms with Crippen LogP contribution in [0.3, 0.4) is 0 Å². The van der Waals surface area contributed by atoms with Crippen LogP contribution in [-0.2, 0) is 6.54 Å². The van der Waals surface area contributed by atoms with Crippen molar-refractivity contribution in [3.8, 4) is 0 Å². The smallest absolute Gasteiger partial charge is 0.126 e. The summed E-state index contributed by atoms with van der Waals surface area (Å²) in [6, 6.07) is 3.29. The molecule has 1 aromatic heterocycles. The highest BCUT2D eigenvalue weighted by atomic mass is 32.1. The third-order valence-corrected chi connectivity index (χ3v) is 4.18. The molecule has 0 radical (unpaired) electrons. The summed E-state index contributed by atoms with van der Waals surface area (Å²) in [6.45, 7) is 2.88. The van der Waals surface area contributed by atoms with Gasteiger partial charge in [0.05, 0.1) is 11.2 Å². The minimum atomic E-state index is -0.583. The summed E-state index contributed by atoms with van der Waals surface area (Å²) < 4.78 is 26.6. The van der Waals surface area contributed by atoms with Gasteiger partial charge in [-0.25, -0.2) is 13.8 Å². The monoisotopic (exact) mass is 297 g/mol. The SMILES string of the molecule is Cc1ncsc1CN(C)C(CN)c1cc(F)cc(F)c1. The predicted octanol–water partition coefficient (Wildman–Crippen LogP) is 2.86. The Balaban J connectivity index is 2.20. The molecule has 0 spiro atoms. The third kappa shape index (κ3) is 3.39. The van der Waals surface area contributed by atoms with Crippen LogP contribution in [0.1, 0.15) is 22.2 Å². The Morgan fingerprint density at radius 1 is 1.30 bits per heavy atom. The molecule has 2 N–H and O–H groups in total. The van der Waals surface area contributed by atoms with Crippen LogP contribution in [0.2, 0.25) is 0 Å². The van der Waals surface area contributed by atoms with E-state index in [1.54, 1.807) is 16.8 Å². The van der Waals surface area contributed by atoms with Gasteiger partial charge in [-0.2, -0.15) is 0 Å². The van der Waals surface area contributed by atoms with Crippen molar-refractivity contribution in [2.75, 3.05) is 13.6 Å². The molecule has 0 fully saturated rings. The average Bonchev–Trinajstić information content (AvgIpc) is 2.74. The van der Waals surface area contributed by atoms with Gasteiger partial charge in [-0.15, -0.1) is 11.3 Å². The summed E-state index contributed by atoms with van der Waals surface area (Å²) in [7, 11) is 1.89. The van der Waals surface area contributed by atoms with Crippen LogP contribution < -0.4 is 5.73 Å². The van der Waals surface area contributed by atoms with Crippen molar-refractivity contribution >= 4 is 11.3 Å². The Labute approximate surface area is 121 Å². The Hall–Kier alpha value is -1.37. The minimum absolute atomic E-state index is 0.235. The lowest BCUT2D eigenvalue weighted by Crippen LogP contribution is -2.30. The number of nitrogens with two attached hydrogens (primary N) is 1. The maximum absolute atomic E-state index is 13.3. The lowest BCUT2D eigenvalue weighted by molar-refractivity contribution is 0.242. The summed E-state index contributed by atoms with van der Waals surface area (Å²) in [5.41, 5.74) is 9.09. The molecule has 20 heavy (non-hydrogen) atoms. The molecule has 0 aliphatic rings. The van der Waals surface area contributed by atoms with E-state index in [0.717, 1.165) is 16.6 Å². The van der Waals surface area contributed by atoms with E-state index < -0.39 is 11.6 Å². The Kier molecular flexibility index (Phi) is 4.80. The molecular formula is C14H17F2N3S. The number of hydrogen-bond acceptors (Lipinski definition) is 4. The zero-order chi connectivity index (χ0) is 14.7. The molecule has 1 aromatic carbocycles. The van der Waals surface area contributed by atoms with E-state index in [1.165, 1.54) is 12.1 Å². The molecule has 0 saturated carbocycles. The average molecular weight is 297 g/mol. The number of aromatic nitrogens is 1. The molecule has 2 rings (SSSR count). The molecule has 0 saturated heterocycles. The predicted molar refractivity (Wildman–Crippen MR) is 76.5 cm³/mol. The van der Waals surface area contributed by atoms with Gasteiger partial charge in [0.25, 0.3) is 0 Å². The number of hydrogen-bond donors (Lipinski definition) is 1. The fraction of sp³-hybridized carbons (Fsp3) is 0.357. The van der Waals surface area contributed by atoms with Gasteiger partial charge in [-0.1, -0.05) is 0 Å². The van der Waals surface area contributed by atoms with E-state index in [9.17, 15) is 8.78 Å². The fourth-order valence-electron chi connectivity index (χ4n) is 2.15. The summed E-state index contributed by atoms with van der Waals surface area (Å²) in [6.07, 6.45) is 0. The third-order valence-electron chi connectivity index (χ3n) is 3.26. The van der Waals surface area contributed by atoms with Gasteiger partial charge in [0, 0.05) is 30.1 Å². The van der Waals surface area contributed by atoms with Crippen molar-refractivity contribution < 1.29 is 8.78 Å². The summed E-state index contributed by atoms with van der Waals surface area (Å²) in [5.74, 6) is -1.17. The van der Waals surface area contributed by atoms with Crippen molar-refractivity contribution in [2.45, 2.75) is 19.5 Å². The number of likely N-dealkylation sites (N-methyl/N-ethyl adjacent to an activating group) is 1. The van der Waals surface area contributed by atoms with Crippen LogP contribution in [0.15, 0.2) is 23.7 Å². The van der Waals surface area contributed by atoms with E-state index in [-0.39, 0.29) is 12.6 Å². The Morgan fingerprint density at radius 2 is 1.95 bits per heavy atom. The van der Waals surface area contributed by atoms with Gasteiger partial charge in [0.15, 0.2) is 0 Å². The number of thiazole rings is 1. The molecule has 108 valence electrons. The first-order valence-electron chi connectivity index (χ1n) is 6.26. The highest BCUT2D eigenvalue weighted by molar-refractivity contribution is 7.09. The van der Waals surface area contributed by atoms with Crippen LogP contribution in [0.25, 0.3) is 0 Å². The summed E-state index contributed by atoms with van der Waals surface area (Å²) in [4.78, 5) is 7.30. The highest BCUT2D eigenvalue weighted by Gasteiger charge is 2.18. The van der Waals surface area contributed by atoms with Crippen LogP contribution in [0, 0.1) is 18.6 Å². The first-order valence-corrected chi connectivity index (χ1v) is 7.14. The quantitative estimate of drug-likeness (QED) is 0.922. The zero-order valence-corrected chi connectivity index (χ0v) is 12.3. The van der Waals surface area contributed by atoms with Crippen molar-refractivity contribution in [1.82, 2.24) is 9.88 Å². The Bertz CT molecular complexity index is 565. The highest BCUT2D eigenvalue weighted by Crippen LogP contribution is 2.24. The van der Waals surface area contributed by atoms with Crippen LogP contribution >= 0.6 is 11.3 Å². The largest absolute Gasteiger partial charge is 0.329 e. The number of aryl methyl sites for hydroxylation is 1. The summed E-state index contributed by atoms with van der Waals surface area (Å²) >= 11 is 1.57. The standard InChI is InChI=1S/C14H17F2N3S/c1-9-14(20-8-18-9)7-19(2)13(6-17)10-3-11(15)5-12(16)4-10/h3-5,8,13H,6-7,17H2,1-2H3. The molecule has 3 nitrogen and oxygen atoms in total. The van der Waals surface area contributed by atoms with Crippen molar-refractivity contribution in [3.05, 3.63) is 51.5 Å². The molecule has 1 unspecified atom stereocenters. The van der Waals surface area contributed by atoms with E-state index >= 15 is 0 Å². The number of rotatable bonds is 5. The molecule has 0 amide bonds. The van der Waals surface area contributed by atoms with E-state index in [0.29, 0.717) is 12.1 Å². The first-order chi connectivity index (χ1) is 9.51. The molecule has 2 aromatic rings. The van der Waals surface area contributed by atoms with Gasteiger partial charge in [-0.05, 0) is 31.7 Å². The molecule has 1 heterocycles. The number of halogens is 2. The van der Waals surface area contributed by atoms with Gasteiger partial charge in [-0.3, -0.25) is 4.90 Å². The van der Waals surface area contributed by atoms with Crippen molar-refractivity contribution in [2.24, 2.45) is 5.73 Å². The van der Waals surface area contributed by atoms with Crippen molar-refractivity contribution in [3.63, 3.8) is 0 Å². The lowest BCUT2D eigenvalue weighted by Gasteiger charge is -2.27. The van der Waals surface area contributed by atoms with Gasteiger partial charge < -0.3 is 5.73 Å². The molecule has 0 aliphatic carbocycles. The van der Waals surface area contributed by atoms with Crippen LogP contribution in [0.4, 0.5) is 8.78 Å². The number of nitrogens with zero attached hydrogens (tertiary/aromatic N) is 2. The second-order valence-corrected chi connectivity index (χ2v) is 5.67. The van der Waals surface area contributed by atoms with E-state index in [1.807, 2.05) is 18.9 Å². The van der Waals surface area contributed by atoms with Crippen LogP contribution in [-0.4, -0.2) is 23.5 Å². The molecule has 6 heteroatoms. The molecule has 1 atom stereocenters. The summed E-state index contributed by atoms with van der Waals surface area (Å²) in [5, 5.41) is 0. The molecule has 0 bridgehead atoms. The zero-order valence-electron chi connectivity index (χ0n) is 11.4. The van der Waals surface area contributed by atoms with Crippen molar-refractivity contribution in [1.29, 1.82) is 0 Å². The van der Waals surface area contributed by atoms with E-state index in [2.05, 4.69) is 4.98 Å². The normalized spacial score (nSPS) is 12.9. The topological polar surface area (TPSA) is 42.2 Å². The fourth-order valence-corrected chi connectivity index (χ4v) is 2.99. The maximum Gasteiger partial charge on any atom is 0.126 e. The van der Waals surface area contributed by atoms with E-state index in [4.69, 9.17) is 5.73 Å². The maximum atomic E-state index is 13.3. The minimum Gasteiger partial charge on any atom is -0.329 e. The van der Waals surface area contributed by atoms with Gasteiger partial charge in [0.2, 0.25) is 0 Å².